The Morgan fingerprint density at radius 2 is 2.08 bits per heavy atom. The van der Waals surface area contributed by atoms with Crippen molar-refractivity contribution < 1.29 is 0 Å². The van der Waals surface area contributed by atoms with E-state index in [1.807, 2.05) is 18.2 Å². The molecule has 0 saturated heterocycles. The highest BCUT2D eigenvalue weighted by Crippen LogP contribution is 2.26. The van der Waals surface area contributed by atoms with Gasteiger partial charge in [0.1, 0.15) is 0 Å². The molecule has 0 aromatic heterocycles. The van der Waals surface area contributed by atoms with E-state index in [4.69, 9.17) is 5.26 Å². The van der Waals surface area contributed by atoms with Crippen LogP contribution in [-0.2, 0) is 5.41 Å². The van der Waals surface area contributed by atoms with E-state index in [0.29, 0.717) is 0 Å². The molecule has 0 atom stereocenters. The molecule has 0 saturated carbocycles. The van der Waals surface area contributed by atoms with Crippen LogP contribution in [0, 0.1) is 11.3 Å². The van der Waals surface area contributed by atoms with Crippen molar-refractivity contribution in [3.05, 3.63) is 35.4 Å². The van der Waals surface area contributed by atoms with Gasteiger partial charge in [-0.1, -0.05) is 32.9 Å². The Morgan fingerprint density at radius 1 is 1.38 bits per heavy atom. The molecule has 0 fully saturated rings. The van der Waals surface area contributed by atoms with E-state index in [2.05, 4.69) is 32.9 Å². The second-order valence-electron chi connectivity index (χ2n) is 3.93. The average Bonchev–Trinajstić information content (AvgIpc) is 2.18. The molecule has 0 unspecified atom stereocenters. The minimum Gasteiger partial charge on any atom is -0.192 e. The first kappa shape index (κ1) is 9.80. The zero-order chi connectivity index (χ0) is 9.90. The number of nitrogens with zero attached hydrogens (tertiary/aromatic N) is 1. The molecule has 0 aliphatic heterocycles. The predicted molar refractivity (Wildman–Crippen MR) is 54.5 cm³/mol. The Hall–Kier alpha value is -1.29. The highest BCUT2D eigenvalue weighted by Gasteiger charge is 2.17. The number of rotatable bonds is 2. The standard InChI is InChI=1S/C12H15N/c1-4-12(2,3)11-7-5-6-10(8-11)9-13/h5-8H,4H2,1-3H3. The third-order valence-electron chi connectivity index (χ3n) is 2.66. The minimum absolute atomic E-state index is 0.173. The first-order valence-electron chi connectivity index (χ1n) is 4.61. The summed E-state index contributed by atoms with van der Waals surface area (Å²) < 4.78 is 0. The van der Waals surface area contributed by atoms with Crippen LogP contribution in [-0.4, -0.2) is 0 Å². The number of benzene rings is 1. The molecule has 1 nitrogen and oxygen atoms in total. The van der Waals surface area contributed by atoms with E-state index in [9.17, 15) is 0 Å². The van der Waals surface area contributed by atoms with Crippen molar-refractivity contribution >= 4 is 0 Å². The third kappa shape index (κ3) is 2.09. The van der Waals surface area contributed by atoms with Crippen LogP contribution in [0.5, 0.6) is 0 Å². The molecule has 0 radical (unpaired) electrons. The fourth-order valence-corrected chi connectivity index (χ4v) is 1.21. The largest absolute Gasteiger partial charge is 0.192 e. The number of nitriles is 1. The van der Waals surface area contributed by atoms with Crippen molar-refractivity contribution in [2.45, 2.75) is 32.6 Å². The van der Waals surface area contributed by atoms with Crippen molar-refractivity contribution in [2.75, 3.05) is 0 Å². The van der Waals surface area contributed by atoms with Crippen molar-refractivity contribution in [1.82, 2.24) is 0 Å². The van der Waals surface area contributed by atoms with Gasteiger partial charge in [-0.3, -0.25) is 0 Å². The van der Waals surface area contributed by atoms with Gasteiger partial charge in [-0.05, 0) is 29.5 Å². The summed E-state index contributed by atoms with van der Waals surface area (Å²) in [4.78, 5) is 0. The normalized spacial score (nSPS) is 10.9. The average molecular weight is 173 g/mol. The summed E-state index contributed by atoms with van der Waals surface area (Å²) in [5.41, 5.74) is 2.17. The first-order chi connectivity index (χ1) is 6.10. The summed E-state index contributed by atoms with van der Waals surface area (Å²) in [5, 5.41) is 8.75. The maximum atomic E-state index is 8.75. The maximum Gasteiger partial charge on any atom is 0.0991 e. The van der Waals surface area contributed by atoms with Gasteiger partial charge in [0, 0.05) is 0 Å². The van der Waals surface area contributed by atoms with Crippen LogP contribution in [0.1, 0.15) is 38.3 Å². The molecule has 0 heterocycles. The minimum atomic E-state index is 0.173. The molecule has 0 bridgehead atoms. The van der Waals surface area contributed by atoms with Gasteiger partial charge in [-0.15, -0.1) is 0 Å². The summed E-state index contributed by atoms with van der Waals surface area (Å²) in [6.07, 6.45) is 1.09. The van der Waals surface area contributed by atoms with Crippen molar-refractivity contribution in [1.29, 1.82) is 5.26 Å². The Labute approximate surface area is 80.0 Å². The van der Waals surface area contributed by atoms with E-state index in [1.165, 1.54) is 5.56 Å². The van der Waals surface area contributed by atoms with Gasteiger partial charge in [0.05, 0.1) is 11.6 Å². The van der Waals surface area contributed by atoms with Gasteiger partial charge in [0.2, 0.25) is 0 Å². The lowest BCUT2D eigenvalue weighted by Gasteiger charge is -2.23. The first-order valence-corrected chi connectivity index (χ1v) is 4.61. The summed E-state index contributed by atoms with van der Waals surface area (Å²) in [5.74, 6) is 0. The second-order valence-corrected chi connectivity index (χ2v) is 3.93. The second kappa shape index (κ2) is 3.62. The Kier molecular flexibility index (Phi) is 2.72. The quantitative estimate of drug-likeness (QED) is 0.673. The Morgan fingerprint density at radius 3 is 2.62 bits per heavy atom. The molecular formula is C12H15N. The van der Waals surface area contributed by atoms with E-state index in [-0.39, 0.29) is 5.41 Å². The molecule has 1 heteroatoms. The number of hydrogen-bond acceptors (Lipinski definition) is 1. The van der Waals surface area contributed by atoms with Crippen LogP contribution in [0.3, 0.4) is 0 Å². The number of hydrogen-bond donors (Lipinski definition) is 0. The molecule has 68 valence electrons. The van der Waals surface area contributed by atoms with Crippen molar-refractivity contribution in [2.24, 2.45) is 0 Å². The van der Waals surface area contributed by atoms with Gasteiger partial charge in [0.25, 0.3) is 0 Å². The van der Waals surface area contributed by atoms with Crippen molar-refractivity contribution in [3.8, 4) is 6.07 Å². The van der Waals surface area contributed by atoms with Crippen LogP contribution in [0.4, 0.5) is 0 Å². The fraction of sp³-hybridized carbons (Fsp3) is 0.417. The van der Waals surface area contributed by atoms with Crippen LogP contribution in [0.2, 0.25) is 0 Å². The summed E-state index contributed by atoms with van der Waals surface area (Å²) >= 11 is 0. The highest BCUT2D eigenvalue weighted by atomic mass is 14.3. The van der Waals surface area contributed by atoms with Gasteiger partial charge in [-0.25, -0.2) is 0 Å². The molecule has 1 aromatic carbocycles. The Bertz CT molecular complexity index is 331. The molecule has 0 aliphatic rings. The zero-order valence-corrected chi connectivity index (χ0v) is 8.46. The molecular weight excluding hydrogens is 158 g/mol. The van der Waals surface area contributed by atoms with Crippen LogP contribution in [0.25, 0.3) is 0 Å². The van der Waals surface area contributed by atoms with E-state index < -0.39 is 0 Å². The van der Waals surface area contributed by atoms with Gasteiger partial charge in [-0.2, -0.15) is 5.26 Å². The van der Waals surface area contributed by atoms with Crippen LogP contribution < -0.4 is 0 Å². The van der Waals surface area contributed by atoms with Gasteiger partial charge in [0.15, 0.2) is 0 Å². The molecule has 1 rings (SSSR count). The summed E-state index contributed by atoms with van der Waals surface area (Å²) in [7, 11) is 0. The summed E-state index contributed by atoms with van der Waals surface area (Å²) in [6.45, 7) is 6.56. The lowest BCUT2D eigenvalue weighted by Crippen LogP contribution is -2.15. The predicted octanol–water partition coefficient (Wildman–Crippen LogP) is 3.25. The molecule has 0 spiro atoms. The summed E-state index contributed by atoms with van der Waals surface area (Å²) in [6, 6.07) is 10.0. The van der Waals surface area contributed by atoms with Crippen LogP contribution in [0.15, 0.2) is 24.3 Å². The van der Waals surface area contributed by atoms with Crippen LogP contribution >= 0.6 is 0 Å². The van der Waals surface area contributed by atoms with E-state index in [0.717, 1.165) is 12.0 Å². The highest BCUT2D eigenvalue weighted by molar-refractivity contribution is 5.35. The fourth-order valence-electron chi connectivity index (χ4n) is 1.21. The topological polar surface area (TPSA) is 23.8 Å². The van der Waals surface area contributed by atoms with Gasteiger partial charge < -0.3 is 0 Å². The monoisotopic (exact) mass is 173 g/mol. The molecule has 0 N–H and O–H groups in total. The molecule has 1 aromatic rings. The molecule has 0 amide bonds. The zero-order valence-electron chi connectivity index (χ0n) is 8.46. The molecule has 13 heavy (non-hydrogen) atoms. The van der Waals surface area contributed by atoms with E-state index >= 15 is 0 Å². The SMILES string of the molecule is CCC(C)(C)c1cccc(C#N)c1. The van der Waals surface area contributed by atoms with Gasteiger partial charge >= 0.3 is 0 Å². The smallest absolute Gasteiger partial charge is 0.0991 e. The Balaban J connectivity index is 3.10. The van der Waals surface area contributed by atoms with E-state index in [1.54, 1.807) is 0 Å². The molecule has 0 aliphatic carbocycles. The lowest BCUT2D eigenvalue weighted by molar-refractivity contribution is 0.506. The lowest BCUT2D eigenvalue weighted by atomic mass is 9.82. The van der Waals surface area contributed by atoms with Crippen molar-refractivity contribution in [3.63, 3.8) is 0 Å². The maximum absolute atomic E-state index is 8.75. The third-order valence-corrected chi connectivity index (χ3v) is 2.66.